The number of hydrogen-bond donors (Lipinski definition) is 0. The molecule has 0 N–H and O–H groups in total. The van der Waals surface area contributed by atoms with Crippen LogP contribution in [-0.4, -0.2) is 73.6 Å². The molecule has 1 aliphatic rings. The molecule has 0 amide bonds. The number of nitrogens with zero attached hydrogens (tertiary/aromatic N) is 4. The minimum atomic E-state index is -5.19. The maximum atomic E-state index is 10.5. The van der Waals surface area contributed by atoms with Gasteiger partial charge in [-0.25, -0.2) is 0 Å². The largest absolute Gasteiger partial charge is 1.00 e. The topological polar surface area (TPSA) is 167 Å². The smallest absolute Gasteiger partial charge is 0.542 e. The molecule has 216 valence electrons. The van der Waals surface area contributed by atoms with Crippen LogP contribution in [0.1, 0.15) is 27.7 Å². The van der Waals surface area contributed by atoms with Crippen molar-refractivity contribution in [2.75, 3.05) is 26.4 Å². The second kappa shape index (κ2) is 21.0. The van der Waals surface area contributed by atoms with Crippen LogP contribution in [0.4, 0.5) is 26.3 Å². The van der Waals surface area contributed by atoms with E-state index in [1.54, 1.807) is 27.7 Å². The standard InChI is InChI=1S/C12H20N4O4.2C2HF3O2.2Ag/c1-9-5-17-14-11(3)7-19-16-12(4)8-20-15-10(2)6-18-13-9;2*3-2(4,5)1(6)7;;/h5-8H2,1-4H3;2*(H,6,7);;/q;;;2*+1/p-2/b13-9+,14-11+,15-10+,16-12+;;;;. The Morgan fingerprint density at radius 1 is 0.583 bits per heavy atom. The summed E-state index contributed by atoms with van der Waals surface area (Å²) in [6, 6.07) is 0. The zero-order valence-corrected chi connectivity index (χ0v) is 21.7. The molecule has 36 heavy (non-hydrogen) atoms. The summed E-state index contributed by atoms with van der Waals surface area (Å²) < 4.78 is 63.1. The zero-order chi connectivity index (χ0) is 26.9. The van der Waals surface area contributed by atoms with Crippen molar-refractivity contribution in [1.29, 1.82) is 0 Å². The van der Waals surface area contributed by atoms with Crippen LogP contribution < -0.4 is 10.2 Å². The van der Waals surface area contributed by atoms with Gasteiger partial charge >= 0.3 is 57.1 Å². The Morgan fingerprint density at radius 3 is 0.833 bits per heavy atom. The van der Waals surface area contributed by atoms with E-state index in [9.17, 15) is 26.3 Å². The Labute approximate surface area is 231 Å². The van der Waals surface area contributed by atoms with Gasteiger partial charge in [0.25, 0.3) is 0 Å². The van der Waals surface area contributed by atoms with Crippen molar-refractivity contribution in [2.45, 2.75) is 40.0 Å². The van der Waals surface area contributed by atoms with E-state index >= 15 is 0 Å². The number of oxime groups is 4. The summed E-state index contributed by atoms with van der Waals surface area (Å²) in [6.45, 7) is 8.09. The SMILES string of the molecule is C/C1=N\OC/C(C)=N/OC/C(C)=N/OC/C(C)=N/OC1.O=C([O-])C(F)(F)F.O=C([O-])C(F)(F)F.[Ag+].[Ag+]. The molecule has 0 radical (unpaired) electrons. The number of carbonyl (C=O) groups excluding carboxylic acids is 2. The Kier molecular flexibility index (Phi) is 23.9. The first-order valence-corrected chi connectivity index (χ1v) is 8.64. The van der Waals surface area contributed by atoms with Crippen LogP contribution in [-0.2, 0) is 73.7 Å². The number of rotatable bonds is 0. The van der Waals surface area contributed by atoms with Crippen LogP contribution in [0.3, 0.4) is 0 Å². The molecule has 0 unspecified atom stereocenters. The van der Waals surface area contributed by atoms with Gasteiger partial charge in [0.1, 0.15) is 11.9 Å². The fraction of sp³-hybridized carbons (Fsp3) is 0.625. The average molecular weight is 726 g/mol. The van der Waals surface area contributed by atoms with Gasteiger partial charge in [0, 0.05) is 0 Å². The normalized spacial score (nSPS) is 20.7. The minimum Gasteiger partial charge on any atom is -0.542 e. The van der Waals surface area contributed by atoms with Gasteiger partial charge in [0.2, 0.25) is 0 Å². The second-order valence-corrected chi connectivity index (χ2v) is 5.97. The van der Waals surface area contributed by atoms with E-state index in [1.807, 2.05) is 0 Å². The fourth-order valence-electron chi connectivity index (χ4n) is 1.05. The van der Waals surface area contributed by atoms with Gasteiger partial charge < -0.3 is 39.2 Å². The molecular formula is C16H20Ag2F6N4O8. The summed E-state index contributed by atoms with van der Waals surface area (Å²) in [5, 5.41) is 33.1. The van der Waals surface area contributed by atoms with Gasteiger partial charge in [-0.2, -0.15) is 26.3 Å². The predicted molar refractivity (Wildman–Crippen MR) is 98.4 cm³/mol. The zero-order valence-electron chi connectivity index (χ0n) is 18.8. The van der Waals surface area contributed by atoms with Gasteiger partial charge in [-0.15, -0.1) is 0 Å². The second-order valence-electron chi connectivity index (χ2n) is 5.97. The van der Waals surface area contributed by atoms with Crippen LogP contribution >= 0.6 is 0 Å². The van der Waals surface area contributed by atoms with Crippen LogP contribution in [0.2, 0.25) is 0 Å². The van der Waals surface area contributed by atoms with E-state index in [0.29, 0.717) is 22.8 Å². The molecule has 12 nitrogen and oxygen atoms in total. The molecule has 0 bridgehead atoms. The van der Waals surface area contributed by atoms with Gasteiger partial charge in [0.15, 0.2) is 26.4 Å². The van der Waals surface area contributed by atoms with E-state index < -0.39 is 24.3 Å². The Morgan fingerprint density at radius 2 is 0.722 bits per heavy atom. The van der Waals surface area contributed by atoms with Crippen molar-refractivity contribution in [3.05, 3.63) is 0 Å². The molecule has 1 aliphatic heterocycles. The Balaban J connectivity index is -0.000000266. The summed E-state index contributed by atoms with van der Waals surface area (Å²) in [5.74, 6) is -6.01. The third-order valence-electron chi connectivity index (χ3n) is 2.44. The summed E-state index contributed by atoms with van der Waals surface area (Å²) in [5.41, 5.74) is 2.66. The van der Waals surface area contributed by atoms with Crippen molar-refractivity contribution in [3.8, 4) is 0 Å². The van der Waals surface area contributed by atoms with Crippen molar-refractivity contribution in [2.24, 2.45) is 20.6 Å². The monoisotopic (exact) mass is 724 g/mol. The first-order chi connectivity index (χ1) is 15.5. The van der Waals surface area contributed by atoms with E-state index in [-0.39, 0.29) is 71.2 Å². The third kappa shape index (κ3) is 26.5. The predicted octanol–water partition coefficient (Wildman–Crippen LogP) is 0.162. The van der Waals surface area contributed by atoms with Crippen LogP contribution in [0.25, 0.3) is 0 Å². The molecule has 0 aromatic heterocycles. The number of alkyl halides is 6. The number of aliphatic carboxylic acids is 2. The Bertz CT molecular complexity index is 686. The molecule has 1 rings (SSSR count). The molecule has 20 heteroatoms. The molecule has 0 saturated heterocycles. The van der Waals surface area contributed by atoms with Gasteiger partial charge in [-0.3, -0.25) is 0 Å². The maximum absolute atomic E-state index is 10.5. The van der Waals surface area contributed by atoms with E-state index in [0.717, 1.165) is 0 Å². The number of carboxylic acid groups (broad SMARTS) is 2. The van der Waals surface area contributed by atoms with Crippen molar-refractivity contribution >= 4 is 34.8 Å². The first-order valence-electron chi connectivity index (χ1n) is 8.64. The molecule has 0 atom stereocenters. The molecule has 0 aliphatic carbocycles. The minimum absolute atomic E-state index is 0. The summed E-state index contributed by atoms with van der Waals surface area (Å²) in [7, 11) is 0. The Hall–Kier alpha value is -2.12. The number of halogens is 6. The first kappa shape index (κ1) is 41.0. The average Bonchev–Trinajstić information content (AvgIpc) is 2.66. The number of hydrogen-bond acceptors (Lipinski definition) is 12. The van der Waals surface area contributed by atoms with Crippen molar-refractivity contribution in [1.82, 2.24) is 0 Å². The number of carboxylic acids is 2. The van der Waals surface area contributed by atoms with E-state index in [4.69, 9.17) is 39.2 Å². The summed E-state index contributed by atoms with van der Waals surface area (Å²) >= 11 is 0. The van der Waals surface area contributed by atoms with Crippen molar-refractivity contribution in [3.63, 3.8) is 0 Å². The van der Waals surface area contributed by atoms with E-state index in [2.05, 4.69) is 20.6 Å². The number of carbonyl (C=O) groups is 2. The molecule has 0 aromatic carbocycles. The van der Waals surface area contributed by atoms with Crippen molar-refractivity contribution < 1.29 is 110 Å². The van der Waals surface area contributed by atoms with Crippen LogP contribution in [0, 0.1) is 0 Å². The van der Waals surface area contributed by atoms with Gasteiger partial charge in [-0.1, -0.05) is 20.6 Å². The van der Waals surface area contributed by atoms with Crippen LogP contribution in [0.15, 0.2) is 20.6 Å². The van der Waals surface area contributed by atoms with Gasteiger partial charge in [0.05, 0.1) is 22.8 Å². The molecule has 1 heterocycles. The molecule has 0 aromatic rings. The molecule has 0 fully saturated rings. The molecule has 0 spiro atoms. The van der Waals surface area contributed by atoms with E-state index in [1.165, 1.54) is 0 Å². The quantitative estimate of drug-likeness (QED) is 0.252. The molecular weight excluding hydrogens is 706 g/mol. The van der Waals surface area contributed by atoms with Gasteiger partial charge in [-0.05, 0) is 27.7 Å². The maximum Gasteiger partial charge on any atom is 1.00 e. The summed E-state index contributed by atoms with van der Waals surface area (Å²) in [4.78, 5) is 38.0. The summed E-state index contributed by atoms with van der Waals surface area (Å²) in [6.07, 6.45) is -10.4. The van der Waals surface area contributed by atoms with Crippen LogP contribution in [0.5, 0.6) is 0 Å². The molecule has 0 saturated carbocycles. The third-order valence-corrected chi connectivity index (χ3v) is 2.44. The fourth-order valence-corrected chi connectivity index (χ4v) is 1.05.